The number of hydrogen-bond donors (Lipinski definition) is 1. The molecule has 3 heterocycles. The summed E-state index contributed by atoms with van der Waals surface area (Å²) in [5.74, 6) is 0.982. The van der Waals surface area contributed by atoms with Crippen LogP contribution in [0.2, 0.25) is 0 Å². The first-order chi connectivity index (χ1) is 11.8. The second kappa shape index (κ2) is 7.14. The fourth-order valence-electron chi connectivity index (χ4n) is 4.77. The maximum absolute atomic E-state index is 12.5. The van der Waals surface area contributed by atoms with Crippen molar-refractivity contribution in [3.05, 3.63) is 35.9 Å². The highest BCUT2D eigenvalue weighted by Gasteiger charge is 2.37. The van der Waals surface area contributed by atoms with Crippen molar-refractivity contribution in [2.45, 2.75) is 56.6 Å². The number of benzene rings is 1. The minimum Gasteiger partial charge on any atom is -0.445 e. The summed E-state index contributed by atoms with van der Waals surface area (Å²) in [5.41, 5.74) is 1.34. The first kappa shape index (κ1) is 15.9. The number of nitrogens with zero attached hydrogens (tertiary/aromatic N) is 1. The van der Waals surface area contributed by atoms with Crippen molar-refractivity contribution >= 4 is 6.09 Å². The van der Waals surface area contributed by atoms with Crippen molar-refractivity contribution in [1.29, 1.82) is 0 Å². The Hall–Kier alpha value is -1.55. The molecule has 0 spiro atoms. The number of rotatable bonds is 3. The van der Waals surface area contributed by atoms with Gasteiger partial charge in [0.1, 0.15) is 6.10 Å². The molecule has 4 heteroatoms. The standard InChI is InChI=1S/C20H28N2O2/c23-20(24-19-14-22-12-10-16(19)11-13-22)21-18-9-5-4-8-17(18)15-6-2-1-3-7-15/h1-3,6-7,16-19H,4-5,8-14H2,(H,21,23)/t17-,18-,19+/m1/s1. The van der Waals surface area contributed by atoms with Gasteiger partial charge in [-0.3, -0.25) is 4.90 Å². The lowest BCUT2D eigenvalue weighted by atomic mass is 9.80. The van der Waals surface area contributed by atoms with Gasteiger partial charge in [0.2, 0.25) is 0 Å². The molecule has 0 radical (unpaired) electrons. The van der Waals surface area contributed by atoms with E-state index < -0.39 is 0 Å². The first-order valence-electron chi connectivity index (χ1n) is 9.54. The zero-order valence-corrected chi connectivity index (χ0v) is 14.3. The predicted molar refractivity (Wildman–Crippen MR) is 94.0 cm³/mol. The lowest BCUT2D eigenvalue weighted by Crippen LogP contribution is -2.53. The molecule has 130 valence electrons. The number of fused-ring (bicyclic) bond motifs is 3. The van der Waals surface area contributed by atoms with Gasteiger partial charge >= 0.3 is 6.09 Å². The van der Waals surface area contributed by atoms with Crippen LogP contribution in [0.1, 0.15) is 50.0 Å². The van der Waals surface area contributed by atoms with E-state index in [1.807, 2.05) is 0 Å². The second-order valence-corrected chi connectivity index (χ2v) is 7.63. The van der Waals surface area contributed by atoms with E-state index in [1.54, 1.807) is 0 Å². The number of alkyl carbamates (subject to hydrolysis) is 1. The molecule has 5 rings (SSSR count). The topological polar surface area (TPSA) is 41.6 Å². The van der Waals surface area contributed by atoms with E-state index in [4.69, 9.17) is 4.74 Å². The predicted octanol–water partition coefficient (Wildman–Crippen LogP) is 3.53. The van der Waals surface area contributed by atoms with Crippen LogP contribution in [0, 0.1) is 5.92 Å². The molecule has 1 aliphatic carbocycles. The van der Waals surface area contributed by atoms with Gasteiger partial charge in [0.05, 0.1) is 0 Å². The van der Waals surface area contributed by atoms with Gasteiger partial charge in [-0.15, -0.1) is 0 Å². The van der Waals surface area contributed by atoms with E-state index in [2.05, 4.69) is 40.5 Å². The van der Waals surface area contributed by atoms with Crippen LogP contribution in [0.5, 0.6) is 0 Å². The zero-order valence-electron chi connectivity index (χ0n) is 14.3. The molecule has 24 heavy (non-hydrogen) atoms. The number of ether oxygens (including phenoxy) is 1. The van der Waals surface area contributed by atoms with E-state index >= 15 is 0 Å². The van der Waals surface area contributed by atoms with E-state index in [9.17, 15) is 4.79 Å². The zero-order chi connectivity index (χ0) is 16.4. The summed E-state index contributed by atoms with van der Waals surface area (Å²) in [6, 6.07) is 10.8. The Kier molecular flexibility index (Phi) is 4.74. The summed E-state index contributed by atoms with van der Waals surface area (Å²) < 4.78 is 5.82. The number of nitrogens with one attached hydrogen (secondary N) is 1. The van der Waals surface area contributed by atoms with Crippen molar-refractivity contribution < 1.29 is 9.53 Å². The molecule has 1 aromatic rings. The van der Waals surface area contributed by atoms with Crippen molar-refractivity contribution in [1.82, 2.24) is 10.2 Å². The Bertz CT molecular complexity index is 554. The average molecular weight is 328 g/mol. The third kappa shape index (κ3) is 3.44. The van der Waals surface area contributed by atoms with E-state index in [0.29, 0.717) is 11.8 Å². The summed E-state index contributed by atoms with van der Waals surface area (Å²) >= 11 is 0. The van der Waals surface area contributed by atoms with Crippen LogP contribution in [0.25, 0.3) is 0 Å². The van der Waals surface area contributed by atoms with Gasteiger partial charge in [-0.05, 0) is 50.3 Å². The third-order valence-corrected chi connectivity index (χ3v) is 6.15. The SMILES string of the molecule is O=C(N[C@@H]1CCCC[C@@H]1c1ccccc1)O[C@H]1CN2CCC1CC2. The van der Waals surface area contributed by atoms with Gasteiger partial charge in [0, 0.05) is 18.5 Å². The molecule has 3 aliphatic heterocycles. The molecule has 1 saturated carbocycles. The number of carbonyl (C=O) groups excluding carboxylic acids is 1. The number of piperidine rings is 3. The Balaban J connectivity index is 1.37. The summed E-state index contributed by atoms with van der Waals surface area (Å²) in [6.07, 6.45) is 6.86. The summed E-state index contributed by atoms with van der Waals surface area (Å²) in [4.78, 5) is 14.9. The van der Waals surface area contributed by atoms with Crippen LogP contribution < -0.4 is 5.32 Å². The maximum Gasteiger partial charge on any atom is 0.407 e. The van der Waals surface area contributed by atoms with Crippen molar-refractivity contribution in [3.63, 3.8) is 0 Å². The highest BCUT2D eigenvalue weighted by Crippen LogP contribution is 2.33. The average Bonchev–Trinajstić information content (AvgIpc) is 2.64. The molecule has 0 unspecified atom stereocenters. The number of carbonyl (C=O) groups is 1. The molecule has 1 N–H and O–H groups in total. The summed E-state index contributed by atoms with van der Waals surface area (Å²) in [7, 11) is 0. The first-order valence-corrected chi connectivity index (χ1v) is 9.54. The molecular weight excluding hydrogens is 300 g/mol. The number of hydrogen-bond acceptors (Lipinski definition) is 3. The van der Waals surface area contributed by atoms with Crippen molar-refractivity contribution in [2.24, 2.45) is 5.92 Å². The minimum atomic E-state index is -0.207. The summed E-state index contributed by atoms with van der Waals surface area (Å²) in [5, 5.41) is 3.19. The van der Waals surface area contributed by atoms with Crippen LogP contribution in [-0.2, 0) is 4.74 Å². The van der Waals surface area contributed by atoms with Gasteiger partial charge in [-0.2, -0.15) is 0 Å². The molecule has 4 aliphatic rings. The van der Waals surface area contributed by atoms with Crippen LogP contribution in [0.3, 0.4) is 0 Å². The van der Waals surface area contributed by atoms with E-state index in [1.165, 1.54) is 44.3 Å². The number of amides is 1. The molecule has 0 aromatic heterocycles. The monoisotopic (exact) mass is 328 g/mol. The van der Waals surface area contributed by atoms with Crippen LogP contribution in [0.15, 0.2) is 30.3 Å². The molecule has 1 amide bonds. The van der Waals surface area contributed by atoms with Crippen molar-refractivity contribution in [3.8, 4) is 0 Å². The third-order valence-electron chi connectivity index (χ3n) is 6.15. The quantitative estimate of drug-likeness (QED) is 0.923. The Labute approximate surface area is 144 Å². The van der Waals surface area contributed by atoms with E-state index in [-0.39, 0.29) is 18.2 Å². The Morgan fingerprint density at radius 3 is 2.50 bits per heavy atom. The highest BCUT2D eigenvalue weighted by molar-refractivity contribution is 5.68. The van der Waals surface area contributed by atoms with Gasteiger partial charge in [-0.25, -0.2) is 4.79 Å². The van der Waals surface area contributed by atoms with Gasteiger partial charge in [0.15, 0.2) is 0 Å². The largest absolute Gasteiger partial charge is 0.445 e. The van der Waals surface area contributed by atoms with Crippen LogP contribution >= 0.6 is 0 Å². The fraction of sp³-hybridized carbons (Fsp3) is 0.650. The molecular formula is C20H28N2O2. The van der Waals surface area contributed by atoms with Gasteiger partial charge in [-0.1, -0.05) is 43.2 Å². The Morgan fingerprint density at radius 1 is 1.04 bits per heavy atom. The molecule has 3 atom stereocenters. The van der Waals surface area contributed by atoms with E-state index in [0.717, 1.165) is 19.4 Å². The maximum atomic E-state index is 12.5. The fourth-order valence-corrected chi connectivity index (χ4v) is 4.77. The minimum absolute atomic E-state index is 0.0891. The molecule has 1 aromatic carbocycles. The lowest BCUT2D eigenvalue weighted by molar-refractivity contribution is -0.0343. The van der Waals surface area contributed by atoms with Crippen LogP contribution in [-0.4, -0.2) is 42.8 Å². The van der Waals surface area contributed by atoms with Gasteiger partial charge in [0.25, 0.3) is 0 Å². The molecule has 2 bridgehead atoms. The smallest absolute Gasteiger partial charge is 0.407 e. The molecule has 4 nitrogen and oxygen atoms in total. The molecule has 3 saturated heterocycles. The van der Waals surface area contributed by atoms with Gasteiger partial charge < -0.3 is 10.1 Å². The van der Waals surface area contributed by atoms with Crippen molar-refractivity contribution in [2.75, 3.05) is 19.6 Å². The normalized spacial score (nSPS) is 35.4. The second-order valence-electron chi connectivity index (χ2n) is 7.63. The molecule has 4 fully saturated rings. The highest BCUT2D eigenvalue weighted by atomic mass is 16.6. The summed E-state index contributed by atoms with van der Waals surface area (Å²) in [6.45, 7) is 3.26. The van der Waals surface area contributed by atoms with Crippen LogP contribution in [0.4, 0.5) is 4.79 Å². The lowest BCUT2D eigenvalue weighted by Gasteiger charge is -2.44. The Morgan fingerprint density at radius 2 is 1.79 bits per heavy atom.